The van der Waals surface area contributed by atoms with Crippen molar-refractivity contribution >= 4 is 27.6 Å². The fraction of sp³-hybridized carbons (Fsp3) is 0. The summed E-state index contributed by atoms with van der Waals surface area (Å²) < 4.78 is 18.2. The molecular formula is C37H24N2O3. The Hall–Kier alpha value is -5.81. The standard InChI is InChI=1S/C37H24N2O3/c38-37-35(24-9-5-8-23(20-24)30-11-3-4-17-39-30)28(31-13-6-18-40-31)22-29(32-14-7-19-41-32)36(37)25-15-16-27-26-10-1-2-12-33(26)42-34(27)21-25/h1-22H,38H2. The molecule has 4 heterocycles. The lowest BCUT2D eigenvalue weighted by Gasteiger charge is -2.20. The number of hydrogen-bond acceptors (Lipinski definition) is 5. The number of nitrogens with two attached hydrogens (primary N) is 1. The molecule has 5 nitrogen and oxygen atoms in total. The van der Waals surface area contributed by atoms with Crippen molar-refractivity contribution in [3.63, 3.8) is 0 Å². The van der Waals surface area contributed by atoms with E-state index in [-0.39, 0.29) is 0 Å². The summed E-state index contributed by atoms with van der Waals surface area (Å²) in [6.07, 6.45) is 5.15. The molecule has 0 atom stereocenters. The van der Waals surface area contributed by atoms with Gasteiger partial charge < -0.3 is 19.0 Å². The predicted octanol–water partition coefficient (Wildman–Crippen LogP) is 10.1. The molecule has 200 valence electrons. The number of hydrogen-bond donors (Lipinski definition) is 1. The quantitative estimate of drug-likeness (QED) is 0.218. The van der Waals surface area contributed by atoms with E-state index in [1.807, 2.05) is 66.7 Å². The van der Waals surface area contributed by atoms with Gasteiger partial charge in [0.2, 0.25) is 0 Å². The number of nitrogen functional groups attached to an aromatic ring is 1. The highest BCUT2D eigenvalue weighted by Crippen LogP contribution is 2.48. The molecule has 0 aliphatic heterocycles. The molecule has 42 heavy (non-hydrogen) atoms. The summed E-state index contributed by atoms with van der Waals surface area (Å²) in [6.45, 7) is 0. The summed E-state index contributed by atoms with van der Waals surface area (Å²) >= 11 is 0. The lowest BCUT2D eigenvalue weighted by Crippen LogP contribution is -2.00. The van der Waals surface area contributed by atoms with Crippen molar-refractivity contribution in [2.75, 3.05) is 5.73 Å². The van der Waals surface area contributed by atoms with E-state index in [0.717, 1.165) is 66.6 Å². The summed E-state index contributed by atoms with van der Waals surface area (Å²) in [4.78, 5) is 4.57. The fourth-order valence-electron chi connectivity index (χ4n) is 5.83. The Balaban J connectivity index is 1.42. The number of aromatic nitrogens is 1. The molecule has 0 saturated carbocycles. The lowest BCUT2D eigenvalue weighted by molar-refractivity contribution is 0.580. The maximum atomic E-state index is 7.24. The first kappa shape index (κ1) is 24.0. The Labute approximate surface area is 241 Å². The molecule has 0 radical (unpaired) electrons. The summed E-state index contributed by atoms with van der Waals surface area (Å²) in [5.74, 6) is 1.43. The van der Waals surface area contributed by atoms with Gasteiger partial charge in [0.1, 0.15) is 22.7 Å². The molecular weight excluding hydrogens is 520 g/mol. The molecule has 5 heteroatoms. The van der Waals surface area contributed by atoms with Crippen LogP contribution in [0.5, 0.6) is 0 Å². The third kappa shape index (κ3) is 3.91. The Morgan fingerprint density at radius 2 is 1.21 bits per heavy atom. The van der Waals surface area contributed by atoms with Crippen molar-refractivity contribution in [2.24, 2.45) is 0 Å². The second-order valence-corrected chi connectivity index (χ2v) is 10.2. The van der Waals surface area contributed by atoms with E-state index >= 15 is 0 Å². The van der Waals surface area contributed by atoms with Gasteiger partial charge in [-0.05, 0) is 77.9 Å². The van der Waals surface area contributed by atoms with Crippen molar-refractivity contribution in [3.8, 4) is 56.2 Å². The molecule has 0 saturated heterocycles. The molecule has 0 aliphatic carbocycles. The third-order valence-electron chi connectivity index (χ3n) is 7.72. The van der Waals surface area contributed by atoms with Crippen molar-refractivity contribution < 1.29 is 13.3 Å². The number of pyridine rings is 1. The van der Waals surface area contributed by atoms with Gasteiger partial charge in [0.15, 0.2) is 0 Å². The molecule has 0 bridgehead atoms. The highest BCUT2D eigenvalue weighted by molar-refractivity contribution is 6.08. The lowest BCUT2D eigenvalue weighted by atomic mass is 9.86. The number of para-hydroxylation sites is 1. The van der Waals surface area contributed by atoms with Gasteiger partial charge in [-0.3, -0.25) is 4.98 Å². The fourth-order valence-corrected chi connectivity index (χ4v) is 5.83. The second-order valence-electron chi connectivity index (χ2n) is 10.2. The van der Waals surface area contributed by atoms with Crippen LogP contribution in [-0.4, -0.2) is 4.98 Å². The first-order chi connectivity index (χ1) is 20.7. The molecule has 4 aromatic carbocycles. The highest BCUT2D eigenvalue weighted by atomic mass is 16.3. The monoisotopic (exact) mass is 544 g/mol. The van der Waals surface area contributed by atoms with Crippen LogP contribution in [0.15, 0.2) is 147 Å². The maximum Gasteiger partial charge on any atom is 0.136 e. The smallest absolute Gasteiger partial charge is 0.136 e. The van der Waals surface area contributed by atoms with Gasteiger partial charge in [0.25, 0.3) is 0 Å². The summed E-state index contributed by atoms with van der Waals surface area (Å²) in [7, 11) is 0. The van der Waals surface area contributed by atoms with Gasteiger partial charge in [-0.2, -0.15) is 0 Å². The highest BCUT2D eigenvalue weighted by Gasteiger charge is 2.24. The minimum Gasteiger partial charge on any atom is -0.464 e. The van der Waals surface area contributed by atoms with Crippen molar-refractivity contribution in [1.29, 1.82) is 0 Å². The molecule has 0 fully saturated rings. The molecule has 4 aromatic heterocycles. The van der Waals surface area contributed by atoms with Crippen molar-refractivity contribution in [2.45, 2.75) is 0 Å². The van der Waals surface area contributed by atoms with Crippen LogP contribution >= 0.6 is 0 Å². The molecule has 0 unspecified atom stereocenters. The van der Waals surface area contributed by atoms with Gasteiger partial charge in [-0.1, -0.05) is 48.5 Å². The second kappa shape index (κ2) is 9.68. The van der Waals surface area contributed by atoms with E-state index in [2.05, 4.69) is 53.5 Å². The van der Waals surface area contributed by atoms with Crippen LogP contribution in [0.2, 0.25) is 0 Å². The average Bonchev–Trinajstić information content (AvgIpc) is 3.82. The van der Waals surface area contributed by atoms with Crippen LogP contribution in [0.1, 0.15) is 0 Å². The number of anilines is 1. The first-order valence-electron chi connectivity index (χ1n) is 13.7. The minimum atomic E-state index is 0.615. The van der Waals surface area contributed by atoms with Crippen LogP contribution in [0, 0.1) is 0 Å². The molecule has 0 aliphatic rings. The van der Waals surface area contributed by atoms with Crippen LogP contribution in [-0.2, 0) is 0 Å². The maximum absolute atomic E-state index is 7.24. The van der Waals surface area contributed by atoms with E-state index in [0.29, 0.717) is 17.2 Å². The van der Waals surface area contributed by atoms with Crippen LogP contribution in [0.4, 0.5) is 5.69 Å². The van der Waals surface area contributed by atoms with Crippen LogP contribution in [0.25, 0.3) is 78.1 Å². The van der Waals surface area contributed by atoms with E-state index < -0.39 is 0 Å². The number of rotatable bonds is 5. The largest absolute Gasteiger partial charge is 0.464 e. The Kier molecular flexibility index (Phi) is 5.54. The summed E-state index contributed by atoms with van der Waals surface area (Å²) in [6, 6.07) is 38.3. The Morgan fingerprint density at radius 3 is 1.93 bits per heavy atom. The zero-order valence-corrected chi connectivity index (χ0v) is 22.5. The number of benzene rings is 4. The number of furan rings is 3. The Morgan fingerprint density at radius 1 is 0.524 bits per heavy atom. The molecule has 2 N–H and O–H groups in total. The molecule has 8 aromatic rings. The summed E-state index contributed by atoms with van der Waals surface area (Å²) in [5.41, 5.74) is 16.7. The zero-order chi connectivity index (χ0) is 28.0. The van der Waals surface area contributed by atoms with Crippen molar-refractivity contribution in [3.05, 3.63) is 134 Å². The van der Waals surface area contributed by atoms with Crippen LogP contribution in [0.3, 0.4) is 0 Å². The van der Waals surface area contributed by atoms with E-state index in [9.17, 15) is 0 Å². The third-order valence-corrected chi connectivity index (χ3v) is 7.72. The van der Waals surface area contributed by atoms with Gasteiger partial charge in [0, 0.05) is 50.5 Å². The predicted molar refractivity (Wildman–Crippen MR) is 168 cm³/mol. The topological polar surface area (TPSA) is 78.3 Å². The average molecular weight is 545 g/mol. The Bertz CT molecular complexity index is 2190. The van der Waals surface area contributed by atoms with Gasteiger partial charge in [-0.25, -0.2) is 0 Å². The van der Waals surface area contributed by atoms with Gasteiger partial charge in [0.05, 0.1) is 18.2 Å². The normalized spacial score (nSPS) is 11.4. The van der Waals surface area contributed by atoms with E-state index in [1.165, 1.54) is 0 Å². The van der Waals surface area contributed by atoms with E-state index in [4.69, 9.17) is 19.0 Å². The minimum absolute atomic E-state index is 0.615. The molecule has 0 amide bonds. The zero-order valence-electron chi connectivity index (χ0n) is 22.5. The first-order valence-corrected chi connectivity index (χ1v) is 13.7. The van der Waals surface area contributed by atoms with Crippen LogP contribution < -0.4 is 5.73 Å². The number of nitrogens with zero attached hydrogens (tertiary/aromatic N) is 1. The summed E-state index contributed by atoms with van der Waals surface area (Å²) in [5, 5.41) is 2.14. The van der Waals surface area contributed by atoms with Crippen molar-refractivity contribution in [1.82, 2.24) is 4.98 Å². The van der Waals surface area contributed by atoms with Gasteiger partial charge in [-0.15, -0.1) is 0 Å². The SMILES string of the molecule is Nc1c(-c2cccc(-c3ccccn3)c2)c(-c2ccco2)cc(-c2ccco2)c1-c1ccc2c(c1)oc1ccccc12. The number of fused-ring (bicyclic) bond motifs is 3. The van der Waals surface area contributed by atoms with Gasteiger partial charge >= 0.3 is 0 Å². The van der Waals surface area contributed by atoms with E-state index in [1.54, 1.807) is 18.7 Å². The molecule has 0 spiro atoms. The molecule has 8 rings (SSSR count).